The van der Waals surface area contributed by atoms with Gasteiger partial charge in [0.1, 0.15) is 15.8 Å². The molecule has 4 rings (SSSR count). The molecule has 0 aliphatic carbocycles. The number of hydrogen-bond acceptors (Lipinski definition) is 8. The first-order chi connectivity index (χ1) is 15.8. The molecule has 176 valence electrons. The second-order valence-electron chi connectivity index (χ2n) is 7.64. The summed E-state index contributed by atoms with van der Waals surface area (Å²) in [6.45, 7) is 0.817. The molecule has 1 aliphatic rings. The van der Waals surface area contributed by atoms with Crippen LogP contribution in [-0.2, 0) is 21.4 Å². The predicted octanol–water partition coefficient (Wildman–Crippen LogP) is 2.88. The van der Waals surface area contributed by atoms with Crippen LogP contribution < -0.4 is 4.74 Å². The molecule has 0 atom stereocenters. The van der Waals surface area contributed by atoms with Gasteiger partial charge in [-0.15, -0.1) is 11.3 Å². The summed E-state index contributed by atoms with van der Waals surface area (Å²) < 4.78 is 50.1. The Labute approximate surface area is 194 Å². The molecule has 1 saturated heterocycles. The van der Waals surface area contributed by atoms with Gasteiger partial charge in [-0.1, -0.05) is 11.2 Å². The van der Waals surface area contributed by atoms with Crippen molar-refractivity contribution in [3.05, 3.63) is 59.3 Å². The number of likely N-dealkylation sites (tertiary alicyclic amines) is 1. The fourth-order valence-corrected chi connectivity index (χ4v) is 5.82. The molecule has 0 saturated carbocycles. The molecule has 1 aromatic carbocycles. The Morgan fingerprint density at radius 3 is 2.67 bits per heavy atom. The number of nitrogens with zero attached hydrogens (tertiary/aromatic N) is 4. The molecule has 0 spiro atoms. The quantitative estimate of drug-likeness (QED) is 0.474. The van der Waals surface area contributed by atoms with Crippen molar-refractivity contribution in [1.82, 2.24) is 19.3 Å². The van der Waals surface area contributed by atoms with Crippen LogP contribution in [0.5, 0.6) is 5.75 Å². The van der Waals surface area contributed by atoms with E-state index in [-0.39, 0.29) is 35.0 Å². The molecule has 3 aromatic rings. The number of thiophene rings is 1. The number of carbonyl (C=O) groups is 1. The first kappa shape index (κ1) is 23.3. The van der Waals surface area contributed by atoms with Gasteiger partial charge in [-0.2, -0.15) is 9.29 Å². The zero-order chi connectivity index (χ0) is 23.4. The lowest BCUT2D eigenvalue weighted by Gasteiger charge is -2.31. The Balaban J connectivity index is 1.26. The first-order valence-electron chi connectivity index (χ1n) is 10.3. The lowest BCUT2D eigenvalue weighted by atomic mass is 9.96. The van der Waals surface area contributed by atoms with E-state index in [1.54, 1.807) is 16.3 Å². The van der Waals surface area contributed by atoms with Gasteiger partial charge in [0, 0.05) is 26.1 Å². The third-order valence-corrected chi connectivity index (χ3v) is 8.57. The lowest BCUT2D eigenvalue weighted by molar-refractivity contribution is -0.132. The first-order valence-corrected chi connectivity index (χ1v) is 12.6. The van der Waals surface area contributed by atoms with Gasteiger partial charge in [-0.3, -0.25) is 4.79 Å². The molecule has 0 bridgehead atoms. The van der Waals surface area contributed by atoms with E-state index in [2.05, 4.69) is 10.1 Å². The van der Waals surface area contributed by atoms with E-state index in [0.717, 1.165) is 15.6 Å². The molecule has 9 nitrogen and oxygen atoms in total. The fourth-order valence-electron chi connectivity index (χ4n) is 3.49. The third-order valence-electron chi connectivity index (χ3n) is 5.39. The molecule has 12 heteroatoms. The van der Waals surface area contributed by atoms with E-state index < -0.39 is 10.0 Å². The van der Waals surface area contributed by atoms with E-state index in [0.29, 0.717) is 43.4 Å². The molecule has 1 fully saturated rings. The minimum atomic E-state index is -3.67. The van der Waals surface area contributed by atoms with Crippen LogP contribution in [0.15, 0.2) is 50.5 Å². The highest BCUT2D eigenvalue weighted by molar-refractivity contribution is 7.91. The summed E-state index contributed by atoms with van der Waals surface area (Å²) >= 11 is 1.12. The maximum absolute atomic E-state index is 13.0. The van der Waals surface area contributed by atoms with Crippen LogP contribution in [0.3, 0.4) is 0 Å². The number of rotatable bonds is 8. The summed E-state index contributed by atoms with van der Waals surface area (Å²) in [5.74, 6) is 0.810. The van der Waals surface area contributed by atoms with E-state index in [1.807, 2.05) is 0 Å². The molecule has 1 aliphatic heterocycles. The molecule has 0 N–H and O–H groups in total. The summed E-state index contributed by atoms with van der Waals surface area (Å²) in [5.41, 5.74) is 0. The van der Waals surface area contributed by atoms with Crippen LogP contribution in [0.25, 0.3) is 0 Å². The molecule has 0 unspecified atom stereocenters. The molecule has 1 amide bonds. The standard InChI is InChI=1S/C21H23FN4O5S2/c1-25(33(28,29)20-3-2-12-32-20)13-19(27)26-10-8-15(9-11-26)21-23-18(31-24-21)14-30-17-6-4-16(22)5-7-17/h2-7,12,15H,8-11,13-14H2,1H3. The Morgan fingerprint density at radius 2 is 2.00 bits per heavy atom. The van der Waals surface area contributed by atoms with E-state index in [9.17, 15) is 17.6 Å². The van der Waals surface area contributed by atoms with Crippen LogP contribution >= 0.6 is 11.3 Å². The summed E-state index contributed by atoms with van der Waals surface area (Å²) in [6, 6.07) is 8.83. The highest BCUT2D eigenvalue weighted by Crippen LogP contribution is 2.27. The average molecular weight is 495 g/mol. The number of sulfonamides is 1. The number of carbonyl (C=O) groups excluding carboxylic acids is 1. The SMILES string of the molecule is CN(CC(=O)N1CCC(c2noc(COc3ccc(F)cc3)n2)CC1)S(=O)(=O)c1cccs1. The van der Waals surface area contributed by atoms with E-state index in [4.69, 9.17) is 9.26 Å². The van der Waals surface area contributed by atoms with Crippen molar-refractivity contribution >= 4 is 27.3 Å². The number of halogens is 1. The number of amides is 1. The van der Waals surface area contributed by atoms with Gasteiger partial charge in [-0.25, -0.2) is 12.8 Å². The Morgan fingerprint density at radius 1 is 1.27 bits per heavy atom. The highest BCUT2D eigenvalue weighted by atomic mass is 32.2. The zero-order valence-corrected chi connectivity index (χ0v) is 19.5. The summed E-state index contributed by atoms with van der Waals surface area (Å²) in [5, 5.41) is 5.72. The second-order valence-corrected chi connectivity index (χ2v) is 10.9. The van der Waals surface area contributed by atoms with Crippen LogP contribution in [0.4, 0.5) is 4.39 Å². The summed E-state index contributed by atoms with van der Waals surface area (Å²) in [7, 11) is -2.26. The van der Waals surface area contributed by atoms with Gasteiger partial charge in [0.2, 0.25) is 5.91 Å². The summed E-state index contributed by atoms with van der Waals surface area (Å²) in [6.07, 6.45) is 1.29. The minimum absolute atomic E-state index is 0.0324. The minimum Gasteiger partial charge on any atom is -0.484 e. The van der Waals surface area contributed by atoms with Gasteiger partial charge in [0.15, 0.2) is 12.4 Å². The number of likely N-dealkylation sites (N-methyl/N-ethyl adjacent to an activating group) is 1. The van der Waals surface area contributed by atoms with Crippen LogP contribution in [0, 0.1) is 5.82 Å². The van der Waals surface area contributed by atoms with Crippen molar-refractivity contribution in [1.29, 1.82) is 0 Å². The normalized spacial score (nSPS) is 15.2. The second kappa shape index (κ2) is 9.98. The monoisotopic (exact) mass is 494 g/mol. The van der Waals surface area contributed by atoms with Gasteiger partial charge in [0.05, 0.1) is 6.54 Å². The average Bonchev–Trinajstić information content (AvgIpc) is 3.52. The van der Waals surface area contributed by atoms with Crippen LogP contribution in [-0.4, -0.2) is 60.4 Å². The Bertz CT molecular complexity index is 1170. The Hall–Kier alpha value is -2.83. The van der Waals surface area contributed by atoms with E-state index in [1.165, 1.54) is 37.4 Å². The molecular formula is C21H23FN4O5S2. The number of benzene rings is 1. The third kappa shape index (κ3) is 5.57. The largest absolute Gasteiger partial charge is 0.484 e. The lowest BCUT2D eigenvalue weighted by Crippen LogP contribution is -2.44. The van der Waals surface area contributed by atoms with Crippen molar-refractivity contribution in [3.8, 4) is 5.75 Å². The molecule has 0 radical (unpaired) electrons. The van der Waals surface area contributed by atoms with Crippen LogP contribution in [0.2, 0.25) is 0 Å². The van der Waals surface area contributed by atoms with Gasteiger partial charge < -0.3 is 14.2 Å². The van der Waals surface area contributed by atoms with E-state index >= 15 is 0 Å². The van der Waals surface area contributed by atoms with Crippen molar-refractivity contribution < 1.29 is 26.9 Å². The van der Waals surface area contributed by atoms with Crippen molar-refractivity contribution in [2.24, 2.45) is 0 Å². The molecular weight excluding hydrogens is 471 g/mol. The van der Waals surface area contributed by atoms with Gasteiger partial charge in [0.25, 0.3) is 15.9 Å². The highest BCUT2D eigenvalue weighted by Gasteiger charge is 2.30. The molecule has 33 heavy (non-hydrogen) atoms. The van der Waals surface area contributed by atoms with Crippen molar-refractivity contribution in [3.63, 3.8) is 0 Å². The molecule has 3 heterocycles. The predicted molar refractivity (Wildman–Crippen MR) is 118 cm³/mol. The molecule has 2 aromatic heterocycles. The smallest absolute Gasteiger partial charge is 0.264 e. The maximum atomic E-state index is 13.0. The maximum Gasteiger partial charge on any atom is 0.264 e. The van der Waals surface area contributed by atoms with Gasteiger partial charge >= 0.3 is 0 Å². The van der Waals surface area contributed by atoms with Crippen LogP contribution in [0.1, 0.15) is 30.5 Å². The number of piperidine rings is 1. The topological polar surface area (TPSA) is 106 Å². The van der Waals surface area contributed by atoms with Crippen molar-refractivity contribution in [2.45, 2.75) is 29.6 Å². The van der Waals surface area contributed by atoms with Gasteiger partial charge in [-0.05, 0) is 48.6 Å². The number of ether oxygens (including phenoxy) is 1. The number of aromatic nitrogens is 2. The summed E-state index contributed by atoms with van der Waals surface area (Å²) in [4.78, 5) is 18.7. The Kier molecular flexibility index (Phi) is 7.05. The fraction of sp³-hybridized carbons (Fsp3) is 0.381. The van der Waals surface area contributed by atoms with Crippen molar-refractivity contribution in [2.75, 3.05) is 26.7 Å². The zero-order valence-electron chi connectivity index (χ0n) is 17.9. The number of hydrogen-bond donors (Lipinski definition) is 0.